The summed E-state index contributed by atoms with van der Waals surface area (Å²) >= 11 is 0. The van der Waals surface area contributed by atoms with E-state index < -0.39 is 0 Å². The molecule has 2 aromatic rings. The van der Waals surface area contributed by atoms with Gasteiger partial charge in [-0.3, -0.25) is 14.6 Å². The lowest BCUT2D eigenvalue weighted by Gasteiger charge is -2.17. The van der Waals surface area contributed by atoms with Gasteiger partial charge in [0.15, 0.2) is 0 Å². The van der Waals surface area contributed by atoms with Crippen LogP contribution < -0.4 is 10.2 Å². The van der Waals surface area contributed by atoms with E-state index in [0.29, 0.717) is 25.3 Å². The number of carbonyl (C=O) groups excluding carboxylic acids is 2. The molecule has 0 saturated heterocycles. The van der Waals surface area contributed by atoms with Crippen LogP contribution in [0, 0.1) is 0 Å². The van der Waals surface area contributed by atoms with Crippen molar-refractivity contribution < 1.29 is 14.3 Å². The summed E-state index contributed by atoms with van der Waals surface area (Å²) < 4.78 is 4.95. The Morgan fingerprint density at radius 3 is 2.96 bits per heavy atom. The Morgan fingerprint density at radius 2 is 2.12 bits per heavy atom. The van der Waals surface area contributed by atoms with Crippen molar-refractivity contribution in [1.82, 2.24) is 10.3 Å². The van der Waals surface area contributed by atoms with E-state index in [0.717, 1.165) is 18.5 Å². The third-order valence-corrected chi connectivity index (χ3v) is 4.18. The Labute approximate surface area is 146 Å². The van der Waals surface area contributed by atoms with Crippen LogP contribution in [0.3, 0.4) is 0 Å². The van der Waals surface area contributed by atoms with Crippen molar-refractivity contribution in [3.05, 3.63) is 59.4 Å². The molecule has 0 atom stereocenters. The molecule has 6 heteroatoms. The third kappa shape index (κ3) is 3.85. The summed E-state index contributed by atoms with van der Waals surface area (Å²) in [6, 6.07) is 11.1. The van der Waals surface area contributed by atoms with E-state index in [9.17, 15) is 9.59 Å². The van der Waals surface area contributed by atoms with Crippen molar-refractivity contribution >= 4 is 17.5 Å². The maximum Gasteiger partial charge on any atom is 0.269 e. The summed E-state index contributed by atoms with van der Waals surface area (Å²) in [7, 11) is 1.62. The smallest absolute Gasteiger partial charge is 0.269 e. The maximum atomic E-state index is 12.8. The highest BCUT2D eigenvalue weighted by molar-refractivity contribution is 6.08. The van der Waals surface area contributed by atoms with Gasteiger partial charge in [-0.25, -0.2) is 0 Å². The highest BCUT2D eigenvalue weighted by Crippen LogP contribution is 2.28. The number of nitrogens with one attached hydrogen (secondary N) is 1. The maximum absolute atomic E-state index is 12.8. The van der Waals surface area contributed by atoms with E-state index >= 15 is 0 Å². The highest BCUT2D eigenvalue weighted by atomic mass is 16.5. The Kier molecular flexibility index (Phi) is 5.40. The number of carbonyl (C=O) groups is 2. The monoisotopic (exact) mass is 339 g/mol. The molecule has 1 aliphatic rings. The molecule has 0 fully saturated rings. The van der Waals surface area contributed by atoms with Gasteiger partial charge >= 0.3 is 0 Å². The SMILES string of the molecule is COCCCNC(=O)c1cc(C(=O)N2CCc3ccccc32)ccn1. The number of nitrogens with zero attached hydrogens (tertiary/aromatic N) is 2. The second kappa shape index (κ2) is 7.90. The first-order chi connectivity index (χ1) is 12.2. The van der Waals surface area contributed by atoms with Gasteiger partial charge in [-0.05, 0) is 36.6 Å². The highest BCUT2D eigenvalue weighted by Gasteiger charge is 2.25. The molecule has 1 aromatic heterocycles. The summed E-state index contributed by atoms with van der Waals surface area (Å²) in [4.78, 5) is 30.8. The molecule has 0 spiro atoms. The first-order valence-corrected chi connectivity index (χ1v) is 8.33. The zero-order valence-corrected chi connectivity index (χ0v) is 14.2. The Bertz CT molecular complexity index is 776. The van der Waals surface area contributed by atoms with E-state index in [2.05, 4.69) is 10.3 Å². The number of ether oxygens (including phenoxy) is 1. The van der Waals surface area contributed by atoms with E-state index in [1.165, 1.54) is 11.8 Å². The summed E-state index contributed by atoms with van der Waals surface area (Å²) in [6.07, 6.45) is 3.07. The third-order valence-electron chi connectivity index (χ3n) is 4.18. The molecular formula is C19H21N3O3. The first kappa shape index (κ1) is 17.1. The van der Waals surface area contributed by atoms with Crippen LogP contribution in [0.1, 0.15) is 32.8 Å². The molecule has 130 valence electrons. The number of hydrogen-bond acceptors (Lipinski definition) is 4. The van der Waals surface area contributed by atoms with Crippen LogP contribution in [-0.2, 0) is 11.2 Å². The van der Waals surface area contributed by atoms with Crippen LogP contribution >= 0.6 is 0 Å². The number of methoxy groups -OCH3 is 1. The van der Waals surface area contributed by atoms with Gasteiger partial charge in [0.2, 0.25) is 0 Å². The molecule has 3 rings (SSSR count). The van der Waals surface area contributed by atoms with E-state index in [1.807, 2.05) is 24.3 Å². The lowest BCUT2D eigenvalue weighted by atomic mass is 10.1. The summed E-state index contributed by atoms with van der Waals surface area (Å²) in [6.45, 7) is 1.74. The number of amides is 2. The molecule has 0 saturated carbocycles. The van der Waals surface area contributed by atoms with Crippen molar-refractivity contribution in [2.45, 2.75) is 12.8 Å². The van der Waals surface area contributed by atoms with Crippen LogP contribution in [0.25, 0.3) is 0 Å². The van der Waals surface area contributed by atoms with Crippen molar-refractivity contribution in [3.63, 3.8) is 0 Å². The van der Waals surface area contributed by atoms with Crippen molar-refractivity contribution in [3.8, 4) is 0 Å². The lowest BCUT2D eigenvalue weighted by molar-refractivity contribution is 0.0943. The number of aromatic nitrogens is 1. The predicted molar refractivity (Wildman–Crippen MR) is 94.9 cm³/mol. The number of benzene rings is 1. The minimum atomic E-state index is -0.285. The van der Waals surface area contributed by atoms with Gasteiger partial charge in [0, 0.05) is 44.3 Å². The Balaban J connectivity index is 1.71. The summed E-state index contributed by atoms with van der Waals surface area (Å²) in [5.41, 5.74) is 2.82. The van der Waals surface area contributed by atoms with Gasteiger partial charge in [0.25, 0.3) is 11.8 Å². The van der Waals surface area contributed by atoms with Crippen molar-refractivity contribution in [2.24, 2.45) is 0 Å². The molecular weight excluding hydrogens is 318 g/mol. The van der Waals surface area contributed by atoms with Gasteiger partial charge in [0.05, 0.1) is 0 Å². The van der Waals surface area contributed by atoms with Crippen LogP contribution in [0.2, 0.25) is 0 Å². The predicted octanol–water partition coefficient (Wildman–Crippen LogP) is 2.05. The van der Waals surface area contributed by atoms with Gasteiger partial charge in [-0.1, -0.05) is 18.2 Å². The number of fused-ring (bicyclic) bond motifs is 1. The van der Waals surface area contributed by atoms with E-state index in [4.69, 9.17) is 4.74 Å². The van der Waals surface area contributed by atoms with Crippen molar-refractivity contribution in [1.29, 1.82) is 0 Å². The minimum Gasteiger partial charge on any atom is -0.385 e. The van der Waals surface area contributed by atoms with Gasteiger partial charge in [0.1, 0.15) is 5.69 Å². The molecule has 0 unspecified atom stereocenters. The number of para-hydroxylation sites is 1. The molecule has 6 nitrogen and oxygen atoms in total. The van der Waals surface area contributed by atoms with Gasteiger partial charge in [-0.2, -0.15) is 0 Å². The molecule has 0 bridgehead atoms. The van der Waals surface area contributed by atoms with Crippen LogP contribution in [0.5, 0.6) is 0 Å². The largest absolute Gasteiger partial charge is 0.385 e. The van der Waals surface area contributed by atoms with Crippen LogP contribution in [0.4, 0.5) is 5.69 Å². The fourth-order valence-corrected chi connectivity index (χ4v) is 2.90. The molecule has 25 heavy (non-hydrogen) atoms. The van der Waals surface area contributed by atoms with Gasteiger partial charge < -0.3 is 15.0 Å². The fourth-order valence-electron chi connectivity index (χ4n) is 2.90. The fraction of sp³-hybridized carbons (Fsp3) is 0.316. The molecule has 0 radical (unpaired) electrons. The second-order valence-corrected chi connectivity index (χ2v) is 5.87. The zero-order chi connectivity index (χ0) is 17.6. The number of anilines is 1. The van der Waals surface area contributed by atoms with E-state index in [-0.39, 0.29) is 17.5 Å². The van der Waals surface area contributed by atoms with Crippen molar-refractivity contribution in [2.75, 3.05) is 31.7 Å². The molecule has 0 aliphatic carbocycles. The van der Waals surface area contributed by atoms with Crippen LogP contribution in [0.15, 0.2) is 42.6 Å². The summed E-state index contributed by atoms with van der Waals surface area (Å²) in [5, 5.41) is 2.78. The molecule has 1 N–H and O–H groups in total. The zero-order valence-electron chi connectivity index (χ0n) is 14.2. The second-order valence-electron chi connectivity index (χ2n) is 5.87. The number of rotatable bonds is 6. The Morgan fingerprint density at radius 1 is 1.28 bits per heavy atom. The average Bonchev–Trinajstić information content (AvgIpc) is 3.08. The molecule has 2 heterocycles. The standard InChI is InChI=1S/C19H21N3O3/c1-25-12-4-9-21-18(23)16-13-15(7-10-20-16)19(24)22-11-8-14-5-2-3-6-17(14)22/h2-3,5-7,10,13H,4,8-9,11-12H2,1H3,(H,21,23). The van der Waals surface area contributed by atoms with Gasteiger partial charge in [-0.15, -0.1) is 0 Å². The van der Waals surface area contributed by atoms with E-state index in [1.54, 1.807) is 24.1 Å². The summed E-state index contributed by atoms with van der Waals surface area (Å²) in [5.74, 6) is -0.395. The van der Waals surface area contributed by atoms with Crippen LogP contribution in [-0.4, -0.2) is 43.6 Å². The topological polar surface area (TPSA) is 71.5 Å². The average molecular weight is 339 g/mol. The first-order valence-electron chi connectivity index (χ1n) is 8.33. The normalized spacial score (nSPS) is 12.8. The molecule has 1 aliphatic heterocycles. The minimum absolute atomic E-state index is 0.110. The molecule has 2 amide bonds. The number of hydrogen-bond donors (Lipinski definition) is 1. The lowest BCUT2D eigenvalue weighted by Crippen LogP contribution is -2.30. The molecule has 1 aromatic carbocycles. The quantitative estimate of drug-likeness (QED) is 0.818. The number of pyridine rings is 1. The Hall–Kier alpha value is -2.73.